The van der Waals surface area contributed by atoms with E-state index in [0.717, 1.165) is 5.56 Å². The fraction of sp³-hybridized carbons (Fsp3) is 0.534. The van der Waals surface area contributed by atoms with Crippen LogP contribution in [0.25, 0.3) is 10.9 Å². The van der Waals surface area contributed by atoms with Gasteiger partial charge in [-0.05, 0) is 98.4 Å². The molecule has 0 unspecified atom stereocenters. The maximum Gasteiger partial charge on any atom is 0.326 e. The number of aliphatic carboxylic acids is 2. The van der Waals surface area contributed by atoms with Crippen LogP contribution < -0.4 is 37.6 Å². The number of phenols is 1. The Labute approximate surface area is 481 Å². The fourth-order valence-corrected chi connectivity index (χ4v) is 10.6. The molecule has 0 saturated carbocycles. The third kappa shape index (κ3) is 17.8. The number of phenolic OH excluding ortho intramolecular Hbond substituents is 1. The van der Waals surface area contributed by atoms with E-state index >= 15 is 0 Å². The summed E-state index contributed by atoms with van der Waals surface area (Å²) in [5, 5.41) is 46.1. The highest BCUT2D eigenvalue weighted by molar-refractivity contribution is 5.99. The number of likely N-dealkylation sites (tertiary alicyclic amines) is 2. The number of carbonyl (C=O) groups is 10. The first-order valence-electron chi connectivity index (χ1n) is 28.3. The maximum absolute atomic E-state index is 14.6. The summed E-state index contributed by atoms with van der Waals surface area (Å²) in [6.07, 6.45) is 4.90. The van der Waals surface area contributed by atoms with Gasteiger partial charge < -0.3 is 72.7 Å². The molecule has 2 aromatic carbocycles. The van der Waals surface area contributed by atoms with E-state index in [-0.39, 0.29) is 62.7 Å². The smallest absolute Gasteiger partial charge is 0.326 e. The zero-order chi connectivity index (χ0) is 60.7. The number of aromatic nitrogens is 3. The highest BCUT2D eigenvalue weighted by atomic mass is 16.4. The van der Waals surface area contributed by atoms with Crippen LogP contribution in [0, 0.1) is 17.8 Å². The van der Waals surface area contributed by atoms with Crippen LogP contribution in [0.4, 0.5) is 0 Å². The quantitative estimate of drug-likeness (QED) is 0.0367. The number of H-pyrrole nitrogens is 2. The van der Waals surface area contributed by atoms with Crippen LogP contribution in [-0.4, -0.2) is 167 Å². The number of carbonyl (C=O) groups excluding carboxylic acids is 8. The van der Waals surface area contributed by atoms with E-state index in [2.05, 4.69) is 46.9 Å². The van der Waals surface area contributed by atoms with Crippen LogP contribution in [0.1, 0.15) is 110 Å². The first-order chi connectivity index (χ1) is 39.4. The summed E-state index contributed by atoms with van der Waals surface area (Å²) in [7, 11) is 0. The molecule has 6 rings (SSSR count). The number of nitrogens with zero attached hydrogens (tertiary/aromatic N) is 3. The third-order valence-corrected chi connectivity index (χ3v) is 14.9. The van der Waals surface area contributed by atoms with Gasteiger partial charge in [-0.25, -0.2) is 9.78 Å². The minimum atomic E-state index is -1.63. The largest absolute Gasteiger partial charge is 0.508 e. The molecule has 2 aliphatic rings. The monoisotopic (exact) mass is 1150 g/mol. The second-order valence-corrected chi connectivity index (χ2v) is 22.8. The number of nitrogens with one attached hydrogen (secondary N) is 8. The molecular weight excluding hydrogens is 1070 g/mol. The van der Waals surface area contributed by atoms with Crippen molar-refractivity contribution in [3.05, 3.63) is 84.1 Å². The van der Waals surface area contributed by atoms with Gasteiger partial charge in [0.2, 0.25) is 47.3 Å². The molecule has 0 bridgehead atoms. The molecule has 4 heterocycles. The molecule has 8 amide bonds. The van der Waals surface area contributed by atoms with Crippen molar-refractivity contribution in [2.75, 3.05) is 13.1 Å². The number of hydrogen-bond donors (Lipinski definition) is 12. The number of fused-ring (bicyclic) bond motifs is 1. The minimum absolute atomic E-state index is 0.0654. The molecule has 0 radical (unpaired) electrons. The first-order valence-corrected chi connectivity index (χ1v) is 28.3. The van der Waals surface area contributed by atoms with Gasteiger partial charge in [-0.15, -0.1) is 0 Å². The average Bonchev–Trinajstić information content (AvgIpc) is 4.51. The standard InChI is InChI=1S/C58H80N12O13/c1-31(2)23-42(66-54(78)46-13-9-21-69(46)57(81)47-14-10-22-70(47)56(80)39(59)25-34-15-17-37(71)18-16-34)51(75)65-44(27-36-29-60-30-62-36)52(76)63-41(19-20-48(72)73)50(74)64-43(26-35-28-61-40-12-8-7-11-38(35)40)53(77)68-49(33(5)6)55(79)67-45(58(82)83)24-32(3)4/h7-8,11-12,15-18,28-33,39,41-47,49,61,71H,9-10,13-14,19-27,59H2,1-6H3,(H,60,62)(H,63,76)(H,64,74)(H,65,75)(H,66,78)(H,67,79)(H,68,77)(H,72,73)(H,82,83)/t39-,41-,42-,43-,44-,45-,46-,47-,49-/m0/s1. The van der Waals surface area contributed by atoms with E-state index < -0.39 is 132 Å². The Morgan fingerprint density at radius 2 is 1.23 bits per heavy atom. The molecule has 0 aliphatic carbocycles. The van der Waals surface area contributed by atoms with E-state index in [1.54, 1.807) is 70.3 Å². The maximum atomic E-state index is 14.6. The number of aromatic hydroxyl groups is 1. The van der Waals surface area contributed by atoms with E-state index in [0.29, 0.717) is 48.0 Å². The van der Waals surface area contributed by atoms with E-state index in [9.17, 15) is 63.3 Å². The van der Waals surface area contributed by atoms with Crippen LogP contribution in [0.15, 0.2) is 67.3 Å². The molecule has 4 aromatic rings. The highest BCUT2D eigenvalue weighted by Gasteiger charge is 2.44. The lowest BCUT2D eigenvalue weighted by atomic mass is 9.99. The van der Waals surface area contributed by atoms with Gasteiger partial charge in [0.05, 0.1) is 12.4 Å². The van der Waals surface area contributed by atoms with Crippen LogP contribution in [0.3, 0.4) is 0 Å². The van der Waals surface area contributed by atoms with Gasteiger partial charge in [0.1, 0.15) is 54.1 Å². The predicted octanol–water partition coefficient (Wildman–Crippen LogP) is 1.54. The number of carboxylic acids is 2. The predicted molar refractivity (Wildman–Crippen MR) is 303 cm³/mol. The van der Waals surface area contributed by atoms with Crippen molar-refractivity contribution in [3.8, 4) is 5.75 Å². The lowest BCUT2D eigenvalue weighted by Crippen LogP contribution is -2.61. The number of aromatic amines is 2. The first kappa shape index (κ1) is 63.8. The molecule has 2 aliphatic heterocycles. The van der Waals surface area contributed by atoms with Crippen LogP contribution >= 0.6 is 0 Å². The summed E-state index contributed by atoms with van der Waals surface area (Å²) in [6.45, 7) is 11.0. The summed E-state index contributed by atoms with van der Waals surface area (Å²) in [4.78, 5) is 151. The summed E-state index contributed by atoms with van der Waals surface area (Å²) >= 11 is 0. The second-order valence-electron chi connectivity index (χ2n) is 22.8. The Hall–Kier alpha value is -8.35. The molecule has 83 heavy (non-hydrogen) atoms. The Kier molecular flexibility index (Phi) is 22.7. The molecule has 25 heteroatoms. The topological polar surface area (TPSA) is 381 Å². The van der Waals surface area contributed by atoms with Gasteiger partial charge in [0, 0.05) is 61.3 Å². The van der Waals surface area contributed by atoms with Crippen molar-refractivity contribution in [1.82, 2.24) is 56.7 Å². The summed E-state index contributed by atoms with van der Waals surface area (Å²) in [6, 6.07) is 2.29. The molecule has 25 nitrogen and oxygen atoms in total. The Morgan fingerprint density at radius 1 is 0.651 bits per heavy atom. The lowest BCUT2D eigenvalue weighted by Gasteiger charge is -2.33. The Morgan fingerprint density at radius 3 is 1.86 bits per heavy atom. The van der Waals surface area contributed by atoms with Crippen LogP contribution in [0.5, 0.6) is 5.75 Å². The highest BCUT2D eigenvalue weighted by Crippen LogP contribution is 2.27. The summed E-state index contributed by atoms with van der Waals surface area (Å²) in [5.41, 5.74) is 8.75. The van der Waals surface area contributed by atoms with Gasteiger partial charge in [0.15, 0.2) is 0 Å². The molecule has 2 fully saturated rings. The molecule has 2 saturated heterocycles. The van der Waals surface area contributed by atoms with Crippen molar-refractivity contribution in [2.24, 2.45) is 23.5 Å². The van der Waals surface area contributed by atoms with Gasteiger partial charge >= 0.3 is 11.9 Å². The number of hydrogen-bond acceptors (Lipinski definition) is 13. The van der Waals surface area contributed by atoms with E-state index in [4.69, 9.17) is 5.73 Å². The Bertz CT molecular complexity index is 2930. The number of nitrogens with two attached hydrogens (primary N) is 1. The van der Waals surface area contributed by atoms with Crippen molar-refractivity contribution in [2.45, 2.75) is 167 Å². The number of amides is 8. The molecule has 13 N–H and O–H groups in total. The van der Waals surface area contributed by atoms with Gasteiger partial charge in [-0.3, -0.25) is 43.2 Å². The van der Waals surface area contributed by atoms with Crippen molar-refractivity contribution in [3.63, 3.8) is 0 Å². The van der Waals surface area contributed by atoms with Gasteiger partial charge in [-0.2, -0.15) is 0 Å². The average molecular weight is 1150 g/mol. The number of carboxylic acid groups (broad SMARTS) is 2. The third-order valence-electron chi connectivity index (χ3n) is 14.9. The molecule has 0 spiro atoms. The molecular formula is C58H80N12O13. The zero-order valence-electron chi connectivity index (χ0n) is 47.8. The van der Waals surface area contributed by atoms with E-state index in [1.165, 1.54) is 34.5 Å². The molecule has 450 valence electrons. The summed E-state index contributed by atoms with van der Waals surface area (Å²) in [5.74, 6) is -9.17. The number of imidazole rings is 1. The van der Waals surface area contributed by atoms with Crippen molar-refractivity contribution < 1.29 is 63.3 Å². The van der Waals surface area contributed by atoms with Crippen molar-refractivity contribution >= 4 is 70.1 Å². The van der Waals surface area contributed by atoms with Crippen LogP contribution in [-0.2, 0) is 67.2 Å². The van der Waals surface area contributed by atoms with Gasteiger partial charge in [0.25, 0.3) is 0 Å². The molecule has 9 atom stereocenters. The van der Waals surface area contributed by atoms with E-state index in [1.807, 2.05) is 13.8 Å². The molecule has 2 aromatic heterocycles. The summed E-state index contributed by atoms with van der Waals surface area (Å²) < 4.78 is 0. The number of para-hydroxylation sites is 1. The Balaban J connectivity index is 1.20. The zero-order valence-corrected chi connectivity index (χ0v) is 47.8. The van der Waals surface area contributed by atoms with Gasteiger partial charge in [-0.1, -0.05) is 71.9 Å². The lowest BCUT2D eigenvalue weighted by molar-refractivity contribution is -0.147. The number of rotatable bonds is 29. The SMILES string of the molecule is CC(C)C[C@H](NC(=O)[C@@H](NC(=O)[C@H](Cc1c[nH]c2ccccc12)NC(=O)[C@H](CCC(=O)O)NC(=O)[C@H](Cc1cnc[nH]1)NC(=O)[C@H](CC(C)C)NC(=O)[C@@H]1CCCN1C(=O)[C@@H]1CCCN1C(=O)[C@@H](N)Cc1ccc(O)cc1)C(C)C)C(=O)O. The number of benzene rings is 2. The minimum Gasteiger partial charge on any atom is -0.508 e. The second kappa shape index (κ2) is 29.6. The van der Waals surface area contributed by atoms with Crippen molar-refractivity contribution in [1.29, 1.82) is 0 Å². The normalized spacial score (nSPS) is 17.7. The fourth-order valence-electron chi connectivity index (χ4n) is 10.6. The van der Waals surface area contributed by atoms with Crippen LogP contribution in [0.2, 0.25) is 0 Å².